The number of aliphatic carboxylic acids is 2. The van der Waals surface area contributed by atoms with Crippen molar-refractivity contribution in [1.82, 2.24) is 26.6 Å². The van der Waals surface area contributed by atoms with E-state index in [0.29, 0.717) is 18.4 Å². The first kappa shape index (κ1) is 44.4. The first-order chi connectivity index (χ1) is 24.0. The molecule has 6 atom stereocenters. The van der Waals surface area contributed by atoms with Crippen molar-refractivity contribution in [2.75, 3.05) is 13.2 Å². The Morgan fingerprint density at radius 1 is 0.647 bits per heavy atom. The molecule has 0 aromatic heterocycles. The molecule has 1 aromatic rings. The van der Waals surface area contributed by atoms with Crippen molar-refractivity contribution in [2.24, 2.45) is 23.3 Å². The molecule has 0 spiro atoms. The monoisotopic (exact) mass is 721 g/mol. The van der Waals surface area contributed by atoms with Gasteiger partial charge in [0, 0.05) is 6.42 Å². The van der Waals surface area contributed by atoms with Crippen LogP contribution in [0.4, 0.5) is 0 Å². The van der Waals surface area contributed by atoms with Crippen molar-refractivity contribution >= 4 is 41.5 Å². The van der Waals surface area contributed by atoms with Crippen molar-refractivity contribution in [3.8, 4) is 0 Å². The van der Waals surface area contributed by atoms with Crippen molar-refractivity contribution in [1.29, 1.82) is 0 Å². The van der Waals surface area contributed by atoms with Crippen LogP contribution in [0.2, 0.25) is 0 Å². The molecule has 0 heterocycles. The Balaban J connectivity index is 3.35. The summed E-state index contributed by atoms with van der Waals surface area (Å²) in [4.78, 5) is 90.0. The van der Waals surface area contributed by atoms with Crippen LogP contribution in [-0.4, -0.2) is 106 Å². The molecule has 0 fully saturated rings. The molecule has 1 aromatic carbocycles. The second-order valence-corrected chi connectivity index (χ2v) is 13.3. The Kier molecular flexibility index (Phi) is 20.0. The molecule has 0 aliphatic carbocycles. The van der Waals surface area contributed by atoms with E-state index < -0.39 is 90.8 Å². The van der Waals surface area contributed by atoms with Crippen LogP contribution in [0.1, 0.15) is 71.8 Å². The van der Waals surface area contributed by atoms with Gasteiger partial charge in [-0.3, -0.25) is 28.8 Å². The summed E-state index contributed by atoms with van der Waals surface area (Å²) in [5, 5.41) is 40.8. The fourth-order valence-corrected chi connectivity index (χ4v) is 5.05. The second kappa shape index (κ2) is 23.0. The predicted octanol–water partition coefficient (Wildman–Crippen LogP) is -1.25. The number of hydrogen-bond donors (Lipinski definition) is 10. The minimum atomic E-state index is -1.69. The Morgan fingerprint density at radius 2 is 1.12 bits per heavy atom. The average Bonchev–Trinajstić information content (AvgIpc) is 3.05. The number of rotatable bonds is 24. The topological polar surface area (TPSA) is 292 Å². The summed E-state index contributed by atoms with van der Waals surface area (Å²) in [5.41, 5.74) is 11.9. The molecule has 5 amide bonds. The summed E-state index contributed by atoms with van der Waals surface area (Å²) in [6.45, 7) is 6.71. The van der Waals surface area contributed by atoms with Crippen molar-refractivity contribution in [3.05, 3.63) is 35.9 Å². The quantitative estimate of drug-likeness (QED) is 0.0561. The van der Waals surface area contributed by atoms with Gasteiger partial charge in [0.05, 0.1) is 13.0 Å². The number of carboxylic acids is 2. The molecular weight excluding hydrogens is 666 g/mol. The number of carboxylic acid groups (broad SMARTS) is 2. The van der Waals surface area contributed by atoms with Gasteiger partial charge < -0.3 is 53.4 Å². The standard InChI is InChI=1S/C34H55N7O10/c1-19(2)14-24(38-29(45)22(36)18-42)31(47)40-26(17-28(43)44)33(49)37-23(12-8-9-13-35)30(46)39-25(16-21-10-6-5-7-11-21)32(48)41-27(34(50)51)15-20(3)4/h5-7,10-11,19-20,22-27,42H,8-9,12-18,35-36H2,1-4H3,(H,37,49)(H,38,45)(H,39,46)(H,40,47)(H,41,48)(H,43,44)(H,50,51)/t22-,23-,24-,25-,26-,27-/m0/s1. The minimum absolute atomic E-state index is 0.0174. The number of amides is 5. The molecule has 1 rings (SSSR count). The highest BCUT2D eigenvalue weighted by molar-refractivity contribution is 5.97. The Bertz CT molecular complexity index is 1310. The van der Waals surface area contributed by atoms with E-state index in [-0.39, 0.29) is 44.1 Å². The molecule has 17 heteroatoms. The van der Waals surface area contributed by atoms with Gasteiger partial charge in [-0.2, -0.15) is 0 Å². The van der Waals surface area contributed by atoms with Gasteiger partial charge in [0.2, 0.25) is 29.5 Å². The van der Waals surface area contributed by atoms with Gasteiger partial charge in [-0.15, -0.1) is 0 Å². The van der Waals surface area contributed by atoms with E-state index >= 15 is 0 Å². The summed E-state index contributed by atoms with van der Waals surface area (Å²) >= 11 is 0. The summed E-state index contributed by atoms with van der Waals surface area (Å²) < 4.78 is 0. The maximum Gasteiger partial charge on any atom is 0.326 e. The van der Waals surface area contributed by atoms with Crippen LogP contribution in [0.15, 0.2) is 30.3 Å². The van der Waals surface area contributed by atoms with E-state index in [0.717, 1.165) is 0 Å². The highest BCUT2D eigenvalue weighted by atomic mass is 16.4. The van der Waals surface area contributed by atoms with Crippen LogP contribution in [0.3, 0.4) is 0 Å². The Morgan fingerprint density at radius 3 is 1.65 bits per heavy atom. The second-order valence-electron chi connectivity index (χ2n) is 13.3. The van der Waals surface area contributed by atoms with Crippen LogP contribution in [0, 0.1) is 11.8 Å². The highest BCUT2D eigenvalue weighted by Gasteiger charge is 2.34. The van der Waals surface area contributed by atoms with E-state index in [9.17, 15) is 48.9 Å². The van der Waals surface area contributed by atoms with Gasteiger partial charge in [0.15, 0.2) is 0 Å². The maximum atomic E-state index is 13.7. The third kappa shape index (κ3) is 17.2. The highest BCUT2D eigenvalue weighted by Crippen LogP contribution is 2.11. The summed E-state index contributed by atoms with van der Waals surface area (Å²) in [7, 11) is 0. The number of aliphatic hydroxyl groups excluding tert-OH is 1. The van der Waals surface area contributed by atoms with Crippen molar-refractivity contribution in [3.63, 3.8) is 0 Å². The van der Waals surface area contributed by atoms with E-state index in [4.69, 9.17) is 11.5 Å². The fourth-order valence-electron chi connectivity index (χ4n) is 5.05. The molecule has 0 unspecified atom stereocenters. The predicted molar refractivity (Wildman–Crippen MR) is 187 cm³/mol. The number of carbonyl (C=O) groups is 7. The zero-order valence-corrected chi connectivity index (χ0v) is 29.7. The van der Waals surface area contributed by atoms with E-state index in [2.05, 4.69) is 26.6 Å². The van der Waals surface area contributed by atoms with Crippen LogP contribution in [0.5, 0.6) is 0 Å². The van der Waals surface area contributed by atoms with Gasteiger partial charge >= 0.3 is 11.9 Å². The van der Waals surface area contributed by atoms with Crippen LogP contribution in [0.25, 0.3) is 0 Å². The molecule has 0 bridgehead atoms. The molecule has 0 aliphatic rings. The number of nitrogens with two attached hydrogens (primary N) is 2. The first-order valence-corrected chi connectivity index (χ1v) is 17.1. The number of hydrogen-bond acceptors (Lipinski definition) is 10. The van der Waals surface area contributed by atoms with Gasteiger partial charge in [0.25, 0.3) is 0 Å². The van der Waals surface area contributed by atoms with E-state index in [1.54, 1.807) is 58.0 Å². The first-order valence-electron chi connectivity index (χ1n) is 17.1. The number of benzene rings is 1. The van der Waals surface area contributed by atoms with E-state index in [1.807, 2.05) is 0 Å². The lowest BCUT2D eigenvalue weighted by Gasteiger charge is -2.27. The number of nitrogens with one attached hydrogen (secondary N) is 5. The third-order valence-corrected chi connectivity index (χ3v) is 7.70. The van der Waals surface area contributed by atoms with Crippen LogP contribution in [-0.2, 0) is 40.0 Å². The lowest BCUT2D eigenvalue weighted by atomic mass is 10.0. The number of unbranched alkanes of at least 4 members (excludes halogenated alkanes) is 1. The average molecular weight is 722 g/mol. The normalized spacial score (nSPS) is 14.7. The number of carbonyl (C=O) groups excluding carboxylic acids is 5. The number of aliphatic hydroxyl groups is 1. The van der Waals surface area contributed by atoms with Gasteiger partial charge in [-0.05, 0) is 56.0 Å². The van der Waals surface area contributed by atoms with Gasteiger partial charge in [-0.1, -0.05) is 58.0 Å². The molecule has 12 N–H and O–H groups in total. The lowest BCUT2D eigenvalue weighted by molar-refractivity contribution is -0.142. The SMILES string of the molecule is CC(C)C[C@H](NC(=O)[C@H](Cc1ccccc1)NC(=O)[C@H](CCCCN)NC(=O)[C@H](CC(=O)O)NC(=O)[C@H](CC(C)C)NC(=O)[C@@H](N)CO)C(=O)O. The molecule has 0 aliphatic heterocycles. The minimum Gasteiger partial charge on any atom is -0.481 e. The molecule has 286 valence electrons. The van der Waals surface area contributed by atoms with E-state index in [1.165, 1.54) is 0 Å². The molecule has 0 saturated carbocycles. The molecule has 0 saturated heterocycles. The Hall–Kier alpha value is -4.61. The third-order valence-electron chi connectivity index (χ3n) is 7.70. The smallest absolute Gasteiger partial charge is 0.326 e. The zero-order valence-electron chi connectivity index (χ0n) is 29.7. The van der Waals surface area contributed by atoms with Crippen molar-refractivity contribution < 1.29 is 48.9 Å². The molecular formula is C34H55N7O10. The maximum absolute atomic E-state index is 13.7. The Labute approximate surface area is 298 Å². The molecule has 0 radical (unpaired) electrons. The summed E-state index contributed by atoms with van der Waals surface area (Å²) in [6.07, 6.45) is 0.172. The zero-order chi connectivity index (χ0) is 38.7. The lowest BCUT2D eigenvalue weighted by Crippen LogP contribution is -2.60. The van der Waals surface area contributed by atoms with Crippen LogP contribution < -0.4 is 38.1 Å². The largest absolute Gasteiger partial charge is 0.481 e. The summed E-state index contributed by atoms with van der Waals surface area (Å²) in [6, 6.07) is 0.630. The van der Waals surface area contributed by atoms with Gasteiger partial charge in [-0.25, -0.2) is 4.79 Å². The fraction of sp³-hybridized carbons (Fsp3) is 0.618. The van der Waals surface area contributed by atoms with Gasteiger partial charge in [0.1, 0.15) is 36.3 Å². The van der Waals surface area contributed by atoms with Crippen molar-refractivity contribution in [2.45, 2.75) is 109 Å². The van der Waals surface area contributed by atoms with Crippen LogP contribution >= 0.6 is 0 Å². The summed E-state index contributed by atoms with van der Waals surface area (Å²) in [5.74, 6) is -7.20. The molecule has 17 nitrogen and oxygen atoms in total. The molecule has 51 heavy (non-hydrogen) atoms.